The molecule has 6 heteroatoms. The number of alkyl halides is 2. The van der Waals surface area contributed by atoms with Crippen molar-refractivity contribution in [3.8, 4) is 0 Å². The highest BCUT2D eigenvalue weighted by Crippen LogP contribution is 1.94. The minimum absolute atomic E-state index is 0.0588. The molecule has 76 valence electrons. The molecule has 1 amide bonds. The molecule has 2 N–H and O–H groups in total. The lowest BCUT2D eigenvalue weighted by atomic mass is 10.3. The third kappa shape index (κ3) is 3.65. The SMILES string of the molecule is O=C(NCC1COCCN1)C(F)F. The smallest absolute Gasteiger partial charge is 0.315 e. The van der Waals surface area contributed by atoms with Crippen LogP contribution in [-0.4, -0.2) is 44.7 Å². The second kappa shape index (κ2) is 5.08. The molecule has 1 rings (SSSR count). The highest BCUT2D eigenvalue weighted by Gasteiger charge is 2.18. The lowest BCUT2D eigenvalue weighted by molar-refractivity contribution is -0.131. The van der Waals surface area contributed by atoms with Crippen molar-refractivity contribution in [2.24, 2.45) is 0 Å². The van der Waals surface area contributed by atoms with Gasteiger partial charge in [-0.05, 0) is 0 Å². The van der Waals surface area contributed by atoms with Gasteiger partial charge in [-0.3, -0.25) is 4.79 Å². The van der Waals surface area contributed by atoms with Crippen LogP contribution in [0.15, 0.2) is 0 Å². The Morgan fingerprint density at radius 1 is 1.69 bits per heavy atom. The molecule has 0 aromatic carbocycles. The molecule has 1 heterocycles. The van der Waals surface area contributed by atoms with E-state index in [0.29, 0.717) is 19.8 Å². The minimum atomic E-state index is -2.94. The number of halogens is 2. The van der Waals surface area contributed by atoms with Gasteiger partial charge in [-0.15, -0.1) is 0 Å². The van der Waals surface area contributed by atoms with E-state index in [9.17, 15) is 13.6 Å². The monoisotopic (exact) mass is 194 g/mol. The Balaban J connectivity index is 2.13. The van der Waals surface area contributed by atoms with Gasteiger partial charge in [-0.25, -0.2) is 0 Å². The molecule has 1 atom stereocenters. The van der Waals surface area contributed by atoms with Crippen LogP contribution in [0.25, 0.3) is 0 Å². The fourth-order valence-corrected chi connectivity index (χ4v) is 1.05. The van der Waals surface area contributed by atoms with E-state index in [1.165, 1.54) is 0 Å². The second-order valence-corrected chi connectivity index (χ2v) is 2.77. The molecule has 13 heavy (non-hydrogen) atoms. The first-order valence-electron chi connectivity index (χ1n) is 4.07. The quantitative estimate of drug-likeness (QED) is 0.628. The Bertz CT molecular complexity index is 172. The van der Waals surface area contributed by atoms with Crippen LogP contribution in [0.5, 0.6) is 0 Å². The average Bonchev–Trinajstić information content (AvgIpc) is 2.15. The Morgan fingerprint density at radius 3 is 3.00 bits per heavy atom. The number of hydrogen-bond donors (Lipinski definition) is 2. The van der Waals surface area contributed by atoms with Crippen LogP contribution in [0.2, 0.25) is 0 Å². The van der Waals surface area contributed by atoms with Crippen molar-refractivity contribution >= 4 is 5.91 Å². The predicted molar refractivity (Wildman–Crippen MR) is 41.6 cm³/mol. The molecule has 1 aliphatic heterocycles. The molecule has 1 saturated heterocycles. The Hall–Kier alpha value is -0.750. The van der Waals surface area contributed by atoms with E-state index < -0.39 is 12.3 Å². The maximum Gasteiger partial charge on any atom is 0.315 e. The van der Waals surface area contributed by atoms with Crippen molar-refractivity contribution < 1.29 is 18.3 Å². The van der Waals surface area contributed by atoms with Gasteiger partial charge < -0.3 is 15.4 Å². The molecule has 0 radical (unpaired) electrons. The second-order valence-electron chi connectivity index (χ2n) is 2.77. The topological polar surface area (TPSA) is 50.4 Å². The highest BCUT2D eigenvalue weighted by atomic mass is 19.3. The largest absolute Gasteiger partial charge is 0.378 e. The zero-order chi connectivity index (χ0) is 9.68. The van der Waals surface area contributed by atoms with E-state index in [4.69, 9.17) is 4.74 Å². The lowest BCUT2D eigenvalue weighted by Gasteiger charge is -2.23. The molecule has 0 bridgehead atoms. The third-order valence-corrected chi connectivity index (χ3v) is 1.72. The Labute approximate surface area is 74.6 Å². The summed E-state index contributed by atoms with van der Waals surface area (Å²) in [4.78, 5) is 10.5. The zero-order valence-electron chi connectivity index (χ0n) is 7.06. The fraction of sp³-hybridized carbons (Fsp3) is 0.857. The number of carbonyl (C=O) groups excluding carboxylic acids is 1. The maximum absolute atomic E-state index is 11.7. The molecule has 4 nitrogen and oxygen atoms in total. The van der Waals surface area contributed by atoms with E-state index >= 15 is 0 Å². The van der Waals surface area contributed by atoms with Crippen molar-refractivity contribution in [2.45, 2.75) is 12.5 Å². The number of hydrogen-bond acceptors (Lipinski definition) is 3. The summed E-state index contributed by atoms with van der Waals surface area (Å²) in [6, 6.07) is -0.0588. The summed E-state index contributed by atoms with van der Waals surface area (Å²) in [5, 5.41) is 5.15. The van der Waals surface area contributed by atoms with Crippen molar-refractivity contribution in [3.63, 3.8) is 0 Å². The van der Waals surface area contributed by atoms with Gasteiger partial charge in [0, 0.05) is 19.1 Å². The van der Waals surface area contributed by atoms with Gasteiger partial charge >= 0.3 is 6.43 Å². The fourth-order valence-electron chi connectivity index (χ4n) is 1.05. The number of morpholine rings is 1. The standard InChI is InChI=1S/C7H12F2N2O2/c8-6(9)7(12)11-3-5-4-13-2-1-10-5/h5-6,10H,1-4H2,(H,11,12). The number of carbonyl (C=O) groups is 1. The van der Waals surface area contributed by atoms with Crippen LogP contribution >= 0.6 is 0 Å². The average molecular weight is 194 g/mol. The van der Waals surface area contributed by atoms with Gasteiger partial charge in [0.15, 0.2) is 0 Å². The van der Waals surface area contributed by atoms with Crippen LogP contribution in [0.3, 0.4) is 0 Å². The first kappa shape index (κ1) is 10.3. The summed E-state index contributed by atoms with van der Waals surface area (Å²) in [5.74, 6) is -1.23. The molecule has 0 aliphatic carbocycles. The maximum atomic E-state index is 11.7. The first-order chi connectivity index (χ1) is 6.20. The van der Waals surface area contributed by atoms with E-state index in [0.717, 1.165) is 0 Å². The van der Waals surface area contributed by atoms with Crippen LogP contribution in [0.1, 0.15) is 0 Å². The molecular weight excluding hydrogens is 182 g/mol. The number of nitrogens with one attached hydrogen (secondary N) is 2. The van der Waals surface area contributed by atoms with E-state index in [-0.39, 0.29) is 12.6 Å². The molecule has 0 aromatic rings. The van der Waals surface area contributed by atoms with Crippen LogP contribution in [0, 0.1) is 0 Å². The summed E-state index contributed by atoms with van der Waals surface area (Å²) < 4.78 is 28.5. The van der Waals surface area contributed by atoms with E-state index in [2.05, 4.69) is 10.6 Å². The first-order valence-corrected chi connectivity index (χ1v) is 4.07. The molecule has 1 fully saturated rings. The normalized spacial score (nSPS) is 23.2. The minimum Gasteiger partial charge on any atom is -0.378 e. The van der Waals surface area contributed by atoms with Gasteiger partial charge in [0.1, 0.15) is 0 Å². The molecule has 0 aromatic heterocycles. The van der Waals surface area contributed by atoms with Crippen molar-refractivity contribution in [1.82, 2.24) is 10.6 Å². The highest BCUT2D eigenvalue weighted by molar-refractivity contribution is 5.79. The molecule has 1 aliphatic rings. The van der Waals surface area contributed by atoms with Crippen LogP contribution in [-0.2, 0) is 9.53 Å². The van der Waals surface area contributed by atoms with Crippen molar-refractivity contribution in [2.75, 3.05) is 26.3 Å². The zero-order valence-corrected chi connectivity index (χ0v) is 7.06. The summed E-state index contributed by atoms with van der Waals surface area (Å²) >= 11 is 0. The van der Waals surface area contributed by atoms with Crippen LogP contribution < -0.4 is 10.6 Å². The lowest BCUT2D eigenvalue weighted by Crippen LogP contribution is -2.49. The van der Waals surface area contributed by atoms with Gasteiger partial charge in [-0.1, -0.05) is 0 Å². The number of amides is 1. The van der Waals surface area contributed by atoms with Crippen molar-refractivity contribution in [3.05, 3.63) is 0 Å². The number of ether oxygens (including phenoxy) is 1. The van der Waals surface area contributed by atoms with Gasteiger partial charge in [-0.2, -0.15) is 8.78 Å². The summed E-state index contributed by atoms with van der Waals surface area (Å²) in [5.41, 5.74) is 0. The molecule has 0 spiro atoms. The van der Waals surface area contributed by atoms with Crippen LogP contribution in [0.4, 0.5) is 8.78 Å². The number of rotatable bonds is 3. The Morgan fingerprint density at radius 2 is 2.46 bits per heavy atom. The predicted octanol–water partition coefficient (Wildman–Crippen LogP) is -0.644. The van der Waals surface area contributed by atoms with Gasteiger partial charge in [0.05, 0.1) is 13.2 Å². The summed E-state index contributed by atoms with van der Waals surface area (Å²) in [6.45, 7) is 1.95. The molecule has 0 saturated carbocycles. The van der Waals surface area contributed by atoms with E-state index in [1.807, 2.05) is 0 Å². The third-order valence-electron chi connectivity index (χ3n) is 1.72. The Kier molecular flexibility index (Phi) is 4.04. The van der Waals surface area contributed by atoms with Gasteiger partial charge in [0.2, 0.25) is 0 Å². The molecular formula is C7H12F2N2O2. The summed E-state index contributed by atoms with van der Waals surface area (Å²) in [6.07, 6.45) is -2.94. The van der Waals surface area contributed by atoms with Crippen molar-refractivity contribution in [1.29, 1.82) is 0 Å². The molecule has 1 unspecified atom stereocenters. The van der Waals surface area contributed by atoms with E-state index in [1.54, 1.807) is 0 Å². The van der Waals surface area contributed by atoms with Gasteiger partial charge in [0.25, 0.3) is 5.91 Å². The summed E-state index contributed by atoms with van der Waals surface area (Å²) in [7, 11) is 0.